The van der Waals surface area contributed by atoms with Crippen LogP contribution in [-0.4, -0.2) is 34.9 Å². The predicted octanol–water partition coefficient (Wildman–Crippen LogP) is 2.48. The number of H-pyrrole nitrogens is 1. The van der Waals surface area contributed by atoms with E-state index in [2.05, 4.69) is 4.98 Å². The molecule has 1 aliphatic rings. The second kappa shape index (κ2) is 5.67. The van der Waals surface area contributed by atoms with Gasteiger partial charge in [-0.2, -0.15) is 0 Å². The van der Waals surface area contributed by atoms with Gasteiger partial charge in [-0.05, 0) is 25.0 Å². The Balaban J connectivity index is 2.17. The molecule has 1 N–H and O–H groups in total. The van der Waals surface area contributed by atoms with Crippen LogP contribution >= 0.6 is 0 Å². The molecule has 2 aromatic rings. The highest BCUT2D eigenvalue weighted by atomic mass is 16.5. The molecule has 0 spiro atoms. The molecule has 1 aromatic carbocycles. The zero-order valence-electron chi connectivity index (χ0n) is 12.7. The van der Waals surface area contributed by atoms with Crippen molar-refractivity contribution in [2.24, 2.45) is 0 Å². The van der Waals surface area contributed by atoms with Crippen molar-refractivity contribution < 1.29 is 14.3 Å². The lowest BCUT2D eigenvalue weighted by Crippen LogP contribution is -2.25. The summed E-state index contributed by atoms with van der Waals surface area (Å²) in [5, 5.41) is 1.08. The van der Waals surface area contributed by atoms with E-state index in [4.69, 9.17) is 4.74 Å². The summed E-state index contributed by atoms with van der Waals surface area (Å²) >= 11 is 0. The zero-order valence-corrected chi connectivity index (χ0v) is 12.7. The number of hydrogen-bond donors (Lipinski definition) is 1. The smallest absolute Gasteiger partial charge is 0.341 e. The number of aromatic amines is 1. The fourth-order valence-electron chi connectivity index (χ4n) is 2.82. The van der Waals surface area contributed by atoms with Crippen LogP contribution in [0.1, 0.15) is 25.1 Å². The van der Waals surface area contributed by atoms with Gasteiger partial charge in [-0.15, -0.1) is 0 Å². The molecule has 0 unspecified atom stereocenters. The Morgan fingerprint density at radius 2 is 2.09 bits per heavy atom. The zero-order chi connectivity index (χ0) is 15.7. The molecule has 0 atom stereocenters. The lowest BCUT2D eigenvalue weighted by atomic mass is 10.0. The number of fused-ring (bicyclic) bond motifs is 3. The number of benzene rings is 1. The van der Waals surface area contributed by atoms with E-state index in [-0.39, 0.29) is 5.91 Å². The molecule has 0 fully saturated rings. The second-order valence-corrected chi connectivity index (χ2v) is 5.25. The number of nitrogens with one attached hydrogen (secondary N) is 1. The molecule has 0 bridgehead atoms. The SMILES string of the molecule is CCOC(=O)C1=CN(C(C)=O)CCc2c1[nH]c1ccccc21. The summed E-state index contributed by atoms with van der Waals surface area (Å²) in [5.41, 5.74) is 3.20. The second-order valence-electron chi connectivity index (χ2n) is 5.25. The highest BCUT2D eigenvalue weighted by Crippen LogP contribution is 2.31. The normalized spacial score (nSPS) is 14.3. The predicted molar refractivity (Wildman–Crippen MR) is 84.0 cm³/mol. The molecule has 0 saturated carbocycles. The van der Waals surface area contributed by atoms with Crippen molar-refractivity contribution >= 4 is 28.4 Å². The number of esters is 1. The first-order chi connectivity index (χ1) is 10.6. The number of hydrogen-bond acceptors (Lipinski definition) is 3. The highest BCUT2D eigenvalue weighted by molar-refractivity contribution is 6.18. The molecular formula is C17H18N2O3. The van der Waals surface area contributed by atoms with Crippen molar-refractivity contribution in [3.63, 3.8) is 0 Å². The van der Waals surface area contributed by atoms with Crippen molar-refractivity contribution in [2.75, 3.05) is 13.2 Å². The van der Waals surface area contributed by atoms with Crippen LogP contribution < -0.4 is 0 Å². The number of carbonyl (C=O) groups is 2. The number of para-hydroxylation sites is 1. The standard InChI is InChI=1S/C17H18N2O3/c1-3-22-17(21)14-10-19(11(2)20)9-8-13-12-6-4-5-7-15(12)18-16(13)14/h4-7,10,18H,3,8-9H2,1-2H3. The fraction of sp³-hybridized carbons (Fsp3) is 0.294. The van der Waals surface area contributed by atoms with E-state index < -0.39 is 5.97 Å². The summed E-state index contributed by atoms with van der Waals surface area (Å²) in [4.78, 5) is 28.9. The van der Waals surface area contributed by atoms with Crippen LogP contribution in [-0.2, 0) is 20.7 Å². The number of amides is 1. The van der Waals surface area contributed by atoms with Gasteiger partial charge in [0.05, 0.1) is 17.9 Å². The molecule has 0 aliphatic carbocycles. The molecule has 5 heteroatoms. The minimum atomic E-state index is -0.413. The lowest BCUT2D eigenvalue weighted by Gasteiger charge is -2.14. The van der Waals surface area contributed by atoms with Gasteiger partial charge in [0.15, 0.2) is 0 Å². The Bertz CT molecular complexity index is 773. The third kappa shape index (κ3) is 2.39. The maximum absolute atomic E-state index is 12.3. The van der Waals surface area contributed by atoms with Gasteiger partial charge in [0, 0.05) is 30.6 Å². The average Bonchev–Trinajstić information content (AvgIpc) is 2.74. The third-order valence-corrected chi connectivity index (χ3v) is 3.87. The van der Waals surface area contributed by atoms with Gasteiger partial charge in [-0.1, -0.05) is 18.2 Å². The van der Waals surface area contributed by atoms with E-state index in [1.165, 1.54) is 6.92 Å². The summed E-state index contributed by atoms with van der Waals surface area (Å²) < 4.78 is 5.15. The number of rotatable bonds is 2. The minimum absolute atomic E-state index is 0.0868. The van der Waals surface area contributed by atoms with Crippen LogP contribution in [0.3, 0.4) is 0 Å². The Morgan fingerprint density at radius 1 is 1.32 bits per heavy atom. The van der Waals surface area contributed by atoms with Gasteiger partial charge >= 0.3 is 5.97 Å². The number of nitrogens with zero attached hydrogens (tertiary/aromatic N) is 1. The van der Waals surface area contributed by atoms with Crippen molar-refractivity contribution in [3.05, 3.63) is 41.7 Å². The maximum Gasteiger partial charge on any atom is 0.341 e. The van der Waals surface area contributed by atoms with Crippen molar-refractivity contribution in [1.29, 1.82) is 0 Å². The maximum atomic E-state index is 12.3. The molecule has 3 rings (SSSR count). The molecule has 114 valence electrons. The number of aromatic nitrogens is 1. The van der Waals surface area contributed by atoms with Crippen LogP contribution in [0.5, 0.6) is 0 Å². The third-order valence-electron chi connectivity index (χ3n) is 3.87. The molecule has 1 aromatic heterocycles. The van der Waals surface area contributed by atoms with Crippen molar-refractivity contribution in [1.82, 2.24) is 9.88 Å². The van der Waals surface area contributed by atoms with Crippen LogP contribution in [0.15, 0.2) is 30.5 Å². The largest absolute Gasteiger partial charge is 0.462 e. The molecule has 22 heavy (non-hydrogen) atoms. The van der Waals surface area contributed by atoms with Gasteiger partial charge < -0.3 is 14.6 Å². The van der Waals surface area contributed by atoms with Gasteiger partial charge in [-0.25, -0.2) is 4.79 Å². The summed E-state index contributed by atoms with van der Waals surface area (Å²) in [6.07, 6.45) is 2.29. The summed E-state index contributed by atoms with van der Waals surface area (Å²) in [6.45, 7) is 4.11. The summed E-state index contributed by atoms with van der Waals surface area (Å²) in [5.74, 6) is -0.500. The van der Waals surface area contributed by atoms with Crippen LogP contribution in [0.25, 0.3) is 16.5 Å². The van der Waals surface area contributed by atoms with E-state index in [1.807, 2.05) is 24.3 Å². The van der Waals surface area contributed by atoms with Crippen molar-refractivity contribution in [2.45, 2.75) is 20.3 Å². The Hall–Kier alpha value is -2.56. The first-order valence-corrected chi connectivity index (χ1v) is 7.38. The van der Waals surface area contributed by atoms with E-state index in [0.717, 1.165) is 22.2 Å². The summed E-state index contributed by atoms with van der Waals surface area (Å²) in [6, 6.07) is 7.93. The first-order valence-electron chi connectivity index (χ1n) is 7.38. The monoisotopic (exact) mass is 298 g/mol. The number of carbonyl (C=O) groups excluding carboxylic acids is 2. The Morgan fingerprint density at radius 3 is 2.82 bits per heavy atom. The van der Waals surface area contributed by atoms with Gasteiger partial charge in [0.25, 0.3) is 0 Å². The summed E-state index contributed by atoms with van der Waals surface area (Å²) in [7, 11) is 0. The van der Waals surface area contributed by atoms with Gasteiger partial charge in [0.1, 0.15) is 0 Å². The molecule has 0 saturated heterocycles. The molecule has 5 nitrogen and oxygen atoms in total. The lowest BCUT2D eigenvalue weighted by molar-refractivity contribution is -0.136. The highest BCUT2D eigenvalue weighted by Gasteiger charge is 2.26. The average molecular weight is 298 g/mol. The fourth-order valence-corrected chi connectivity index (χ4v) is 2.82. The molecule has 0 radical (unpaired) electrons. The topological polar surface area (TPSA) is 62.4 Å². The van der Waals surface area contributed by atoms with E-state index >= 15 is 0 Å². The van der Waals surface area contributed by atoms with E-state index in [0.29, 0.717) is 25.1 Å². The van der Waals surface area contributed by atoms with Crippen LogP contribution in [0, 0.1) is 0 Å². The van der Waals surface area contributed by atoms with Gasteiger partial charge in [-0.3, -0.25) is 4.79 Å². The van der Waals surface area contributed by atoms with Crippen LogP contribution in [0.2, 0.25) is 0 Å². The Labute approximate surface area is 128 Å². The molecule has 1 amide bonds. The minimum Gasteiger partial charge on any atom is -0.462 e. The Kier molecular flexibility index (Phi) is 3.71. The molecule has 2 heterocycles. The quantitative estimate of drug-likeness (QED) is 0.866. The molecule has 1 aliphatic heterocycles. The number of ether oxygens (including phenoxy) is 1. The first kappa shape index (κ1) is 14.4. The van der Waals surface area contributed by atoms with Gasteiger partial charge in [0.2, 0.25) is 5.91 Å². The molecular weight excluding hydrogens is 280 g/mol. The van der Waals surface area contributed by atoms with Crippen molar-refractivity contribution in [3.8, 4) is 0 Å². The van der Waals surface area contributed by atoms with E-state index in [1.54, 1.807) is 18.0 Å². The van der Waals surface area contributed by atoms with E-state index in [9.17, 15) is 9.59 Å². The van der Waals surface area contributed by atoms with Crippen LogP contribution in [0.4, 0.5) is 0 Å².